The van der Waals surface area contributed by atoms with Gasteiger partial charge in [0.05, 0.1) is 12.7 Å². The summed E-state index contributed by atoms with van der Waals surface area (Å²) in [6.45, 7) is 4.50. The molecule has 0 aromatic rings. The third kappa shape index (κ3) is 4.50. The molecule has 0 radical (unpaired) electrons. The maximum absolute atomic E-state index is 10.8. The molecule has 3 heteroatoms. The van der Waals surface area contributed by atoms with E-state index in [4.69, 9.17) is 9.84 Å². The Labute approximate surface area is 104 Å². The van der Waals surface area contributed by atoms with E-state index in [1.54, 1.807) is 6.08 Å². The molecule has 1 aliphatic rings. The number of carboxylic acid groups (broad SMARTS) is 1. The molecule has 0 aromatic heterocycles. The van der Waals surface area contributed by atoms with Crippen LogP contribution in [0.3, 0.4) is 0 Å². The summed E-state index contributed by atoms with van der Waals surface area (Å²) in [5, 5.41) is 8.88. The van der Waals surface area contributed by atoms with E-state index in [9.17, 15) is 4.79 Å². The van der Waals surface area contributed by atoms with Gasteiger partial charge in [0.15, 0.2) is 0 Å². The van der Waals surface area contributed by atoms with E-state index in [2.05, 4.69) is 6.92 Å². The van der Waals surface area contributed by atoms with Crippen LogP contribution < -0.4 is 0 Å². The van der Waals surface area contributed by atoms with Gasteiger partial charge in [-0.05, 0) is 31.3 Å². The average molecular weight is 240 g/mol. The summed E-state index contributed by atoms with van der Waals surface area (Å²) >= 11 is 0. The quantitative estimate of drug-likeness (QED) is 0.724. The molecule has 0 saturated heterocycles. The van der Waals surface area contributed by atoms with E-state index in [1.807, 2.05) is 6.92 Å². The van der Waals surface area contributed by atoms with Crippen molar-refractivity contribution in [3.05, 3.63) is 11.6 Å². The van der Waals surface area contributed by atoms with E-state index >= 15 is 0 Å². The van der Waals surface area contributed by atoms with Crippen LogP contribution in [0.5, 0.6) is 0 Å². The first kappa shape index (κ1) is 14.2. The largest absolute Gasteiger partial charge is 0.478 e. The van der Waals surface area contributed by atoms with Gasteiger partial charge in [0, 0.05) is 5.57 Å². The van der Waals surface area contributed by atoms with Crippen molar-refractivity contribution in [3.63, 3.8) is 0 Å². The number of aliphatic carboxylic acids is 1. The summed E-state index contributed by atoms with van der Waals surface area (Å²) < 4.78 is 5.83. The highest BCUT2D eigenvalue weighted by Crippen LogP contribution is 2.29. The third-order valence-corrected chi connectivity index (χ3v) is 3.66. The number of hydrogen-bond acceptors (Lipinski definition) is 2. The molecule has 0 spiro atoms. The molecular weight excluding hydrogens is 216 g/mol. The van der Waals surface area contributed by atoms with Gasteiger partial charge in [-0.3, -0.25) is 0 Å². The van der Waals surface area contributed by atoms with Crippen LogP contribution >= 0.6 is 0 Å². The monoisotopic (exact) mass is 240 g/mol. The second kappa shape index (κ2) is 7.49. The molecule has 98 valence electrons. The van der Waals surface area contributed by atoms with E-state index < -0.39 is 5.97 Å². The van der Waals surface area contributed by atoms with Crippen LogP contribution in [0.4, 0.5) is 0 Å². The summed E-state index contributed by atoms with van der Waals surface area (Å²) in [6.07, 6.45) is 8.69. The summed E-state index contributed by atoms with van der Waals surface area (Å²) in [5.74, 6) is -0.168. The summed E-state index contributed by atoms with van der Waals surface area (Å²) in [7, 11) is 0. The molecule has 0 aliphatic heterocycles. The Morgan fingerprint density at radius 3 is 2.65 bits per heavy atom. The van der Waals surface area contributed by atoms with Gasteiger partial charge in [-0.15, -0.1) is 0 Å². The Balaban J connectivity index is 2.40. The summed E-state index contributed by atoms with van der Waals surface area (Å²) in [5.41, 5.74) is 0.453. The Morgan fingerprint density at radius 1 is 1.35 bits per heavy atom. The zero-order valence-corrected chi connectivity index (χ0v) is 10.9. The number of rotatable bonds is 6. The molecule has 1 rings (SSSR count). The van der Waals surface area contributed by atoms with Crippen LogP contribution in [-0.4, -0.2) is 23.8 Å². The van der Waals surface area contributed by atoms with Crippen molar-refractivity contribution in [2.24, 2.45) is 5.92 Å². The van der Waals surface area contributed by atoms with Gasteiger partial charge in [0.2, 0.25) is 0 Å². The molecule has 1 N–H and O–H groups in total. The second-order valence-electron chi connectivity index (χ2n) is 4.71. The Bertz CT molecular complexity index is 271. The van der Waals surface area contributed by atoms with Crippen LogP contribution in [0.1, 0.15) is 52.4 Å². The fraction of sp³-hybridized carbons (Fsp3) is 0.786. The fourth-order valence-electron chi connectivity index (χ4n) is 2.52. The standard InChI is InChI=1S/C14H24O3/c1-3-11-7-5-6-8-13(11)17-10-9-12(4-2)14(15)16/h9,11,13H,3-8,10H2,1-2H3,(H,15,16). The normalized spacial score (nSPS) is 25.9. The lowest BCUT2D eigenvalue weighted by atomic mass is 9.85. The Hall–Kier alpha value is -0.830. The molecule has 0 heterocycles. The molecule has 0 bridgehead atoms. The number of carboxylic acids is 1. The molecule has 0 amide bonds. The van der Waals surface area contributed by atoms with Crippen LogP contribution in [0.25, 0.3) is 0 Å². The zero-order chi connectivity index (χ0) is 12.7. The average Bonchev–Trinajstić information content (AvgIpc) is 2.34. The second-order valence-corrected chi connectivity index (χ2v) is 4.71. The molecular formula is C14H24O3. The first-order valence-corrected chi connectivity index (χ1v) is 6.72. The Kier molecular flexibility index (Phi) is 6.27. The van der Waals surface area contributed by atoms with Gasteiger partial charge in [-0.25, -0.2) is 4.79 Å². The smallest absolute Gasteiger partial charge is 0.331 e. The molecule has 3 nitrogen and oxygen atoms in total. The van der Waals surface area contributed by atoms with Crippen molar-refractivity contribution in [2.75, 3.05) is 6.61 Å². The van der Waals surface area contributed by atoms with Crippen LogP contribution in [-0.2, 0) is 9.53 Å². The minimum absolute atomic E-state index is 0.330. The minimum Gasteiger partial charge on any atom is -0.478 e. The fourth-order valence-corrected chi connectivity index (χ4v) is 2.52. The van der Waals surface area contributed by atoms with Crippen molar-refractivity contribution in [1.82, 2.24) is 0 Å². The van der Waals surface area contributed by atoms with Crippen molar-refractivity contribution in [3.8, 4) is 0 Å². The maximum atomic E-state index is 10.8. The first-order chi connectivity index (χ1) is 8.19. The van der Waals surface area contributed by atoms with Gasteiger partial charge in [-0.1, -0.05) is 33.1 Å². The number of hydrogen-bond donors (Lipinski definition) is 1. The number of carbonyl (C=O) groups is 1. The molecule has 1 saturated carbocycles. The van der Waals surface area contributed by atoms with Crippen LogP contribution in [0.2, 0.25) is 0 Å². The molecule has 2 unspecified atom stereocenters. The van der Waals surface area contributed by atoms with Gasteiger partial charge >= 0.3 is 5.97 Å². The lowest BCUT2D eigenvalue weighted by Crippen LogP contribution is -2.27. The van der Waals surface area contributed by atoms with Crippen LogP contribution in [0.15, 0.2) is 11.6 Å². The highest BCUT2D eigenvalue weighted by molar-refractivity contribution is 5.86. The van der Waals surface area contributed by atoms with Crippen LogP contribution in [0, 0.1) is 5.92 Å². The van der Waals surface area contributed by atoms with Gasteiger partial charge < -0.3 is 9.84 Å². The zero-order valence-electron chi connectivity index (χ0n) is 10.9. The molecule has 0 aromatic carbocycles. The first-order valence-electron chi connectivity index (χ1n) is 6.72. The molecule has 2 atom stereocenters. The number of ether oxygens (including phenoxy) is 1. The lowest BCUT2D eigenvalue weighted by Gasteiger charge is -2.30. The van der Waals surface area contributed by atoms with Gasteiger partial charge in [0.25, 0.3) is 0 Å². The molecule has 17 heavy (non-hydrogen) atoms. The predicted molar refractivity (Wildman–Crippen MR) is 68.0 cm³/mol. The summed E-state index contributed by atoms with van der Waals surface area (Å²) in [6, 6.07) is 0. The van der Waals surface area contributed by atoms with E-state index in [0.29, 0.717) is 30.6 Å². The predicted octanol–water partition coefficient (Wildman–Crippen LogP) is 3.39. The third-order valence-electron chi connectivity index (χ3n) is 3.66. The molecule has 1 aliphatic carbocycles. The maximum Gasteiger partial charge on any atom is 0.331 e. The van der Waals surface area contributed by atoms with E-state index in [0.717, 1.165) is 12.8 Å². The highest BCUT2D eigenvalue weighted by atomic mass is 16.5. The van der Waals surface area contributed by atoms with Crippen molar-refractivity contribution in [2.45, 2.75) is 58.5 Å². The van der Waals surface area contributed by atoms with Crippen molar-refractivity contribution < 1.29 is 14.6 Å². The van der Waals surface area contributed by atoms with Crippen molar-refractivity contribution in [1.29, 1.82) is 0 Å². The highest BCUT2D eigenvalue weighted by Gasteiger charge is 2.23. The Morgan fingerprint density at radius 2 is 2.06 bits per heavy atom. The van der Waals surface area contributed by atoms with Crippen molar-refractivity contribution >= 4 is 5.97 Å². The topological polar surface area (TPSA) is 46.5 Å². The lowest BCUT2D eigenvalue weighted by molar-refractivity contribution is -0.132. The van der Waals surface area contributed by atoms with E-state index in [1.165, 1.54) is 19.3 Å². The summed E-state index contributed by atoms with van der Waals surface area (Å²) in [4.78, 5) is 10.8. The van der Waals surface area contributed by atoms with E-state index in [-0.39, 0.29) is 0 Å². The SMILES string of the molecule is CCC(=CCOC1CCCCC1CC)C(=O)O. The molecule has 1 fully saturated rings. The van der Waals surface area contributed by atoms with Gasteiger partial charge in [-0.2, -0.15) is 0 Å². The van der Waals surface area contributed by atoms with Gasteiger partial charge in [0.1, 0.15) is 0 Å². The minimum atomic E-state index is -0.827.